The predicted molar refractivity (Wildman–Crippen MR) is 76.2 cm³/mol. The third kappa shape index (κ3) is 2.03. The number of hydrogen-bond acceptors (Lipinski definition) is 2. The lowest BCUT2D eigenvalue weighted by Crippen LogP contribution is -1.95. The zero-order valence-electron chi connectivity index (χ0n) is 10.7. The van der Waals surface area contributed by atoms with E-state index < -0.39 is 0 Å². The first-order valence-electron chi connectivity index (χ1n) is 6.35. The third-order valence-corrected chi connectivity index (χ3v) is 3.32. The van der Waals surface area contributed by atoms with Gasteiger partial charge in [-0.05, 0) is 17.2 Å². The van der Waals surface area contributed by atoms with E-state index in [1.54, 1.807) is 0 Å². The maximum Gasteiger partial charge on any atom is 0.162 e. The molecule has 1 aromatic heterocycles. The molecule has 0 saturated heterocycles. The normalized spacial score (nSPS) is 10.8. The fraction of sp³-hybridized carbons (Fsp3) is 0.125. The van der Waals surface area contributed by atoms with Crippen molar-refractivity contribution in [3.05, 3.63) is 54.2 Å². The SMILES string of the molecule is CCC(=O)c1ccc(-c2cccc3[nH]ncc23)cc1. The minimum Gasteiger partial charge on any atom is -0.294 e. The average Bonchev–Trinajstić information content (AvgIpc) is 2.95. The van der Waals surface area contributed by atoms with Crippen molar-refractivity contribution in [3.8, 4) is 11.1 Å². The van der Waals surface area contributed by atoms with Crippen LogP contribution in [0.5, 0.6) is 0 Å². The van der Waals surface area contributed by atoms with Crippen LogP contribution in [0.2, 0.25) is 0 Å². The van der Waals surface area contributed by atoms with Gasteiger partial charge in [0.1, 0.15) is 0 Å². The fourth-order valence-corrected chi connectivity index (χ4v) is 2.26. The maximum atomic E-state index is 11.6. The monoisotopic (exact) mass is 250 g/mol. The van der Waals surface area contributed by atoms with Crippen LogP contribution in [-0.4, -0.2) is 16.0 Å². The smallest absolute Gasteiger partial charge is 0.162 e. The first-order chi connectivity index (χ1) is 9.29. The van der Waals surface area contributed by atoms with E-state index in [2.05, 4.69) is 16.3 Å². The molecule has 0 unspecified atom stereocenters. The first-order valence-corrected chi connectivity index (χ1v) is 6.35. The Kier molecular flexibility index (Phi) is 2.88. The lowest BCUT2D eigenvalue weighted by atomic mass is 9.99. The van der Waals surface area contributed by atoms with Gasteiger partial charge in [-0.1, -0.05) is 43.3 Å². The number of aromatic amines is 1. The molecular formula is C16H14N2O. The molecule has 1 N–H and O–H groups in total. The molecule has 0 saturated carbocycles. The molecule has 0 bridgehead atoms. The number of ketones is 1. The summed E-state index contributed by atoms with van der Waals surface area (Å²) in [6.07, 6.45) is 2.37. The van der Waals surface area contributed by atoms with Crippen LogP contribution >= 0.6 is 0 Å². The molecule has 0 aliphatic carbocycles. The van der Waals surface area contributed by atoms with Crippen LogP contribution in [-0.2, 0) is 0 Å². The van der Waals surface area contributed by atoms with Gasteiger partial charge in [0.2, 0.25) is 0 Å². The predicted octanol–water partition coefficient (Wildman–Crippen LogP) is 3.82. The highest BCUT2D eigenvalue weighted by Crippen LogP contribution is 2.27. The van der Waals surface area contributed by atoms with Gasteiger partial charge >= 0.3 is 0 Å². The van der Waals surface area contributed by atoms with Crippen LogP contribution in [0.4, 0.5) is 0 Å². The second kappa shape index (κ2) is 4.69. The van der Waals surface area contributed by atoms with Gasteiger partial charge in [0.15, 0.2) is 5.78 Å². The number of Topliss-reactive ketones (excluding diaryl/α,β-unsaturated/α-hetero) is 1. The number of hydrogen-bond donors (Lipinski definition) is 1. The van der Waals surface area contributed by atoms with Gasteiger partial charge in [-0.15, -0.1) is 0 Å². The summed E-state index contributed by atoms with van der Waals surface area (Å²) in [5.41, 5.74) is 4.01. The molecule has 0 aliphatic heterocycles. The second-order valence-electron chi connectivity index (χ2n) is 4.49. The Labute approximate surface area is 111 Å². The van der Waals surface area contributed by atoms with Crippen LogP contribution in [0.3, 0.4) is 0 Å². The number of aromatic nitrogens is 2. The number of benzene rings is 2. The van der Waals surface area contributed by atoms with Gasteiger partial charge in [-0.3, -0.25) is 9.89 Å². The molecule has 19 heavy (non-hydrogen) atoms. The second-order valence-corrected chi connectivity index (χ2v) is 4.49. The lowest BCUT2D eigenvalue weighted by molar-refractivity contribution is 0.0988. The Balaban J connectivity index is 2.07. The van der Waals surface area contributed by atoms with Crippen molar-refractivity contribution in [1.29, 1.82) is 0 Å². The number of H-pyrrole nitrogens is 1. The first kappa shape index (κ1) is 11.7. The zero-order valence-corrected chi connectivity index (χ0v) is 10.7. The summed E-state index contributed by atoms with van der Waals surface area (Å²) in [6.45, 7) is 1.88. The van der Waals surface area contributed by atoms with Crippen molar-refractivity contribution in [2.45, 2.75) is 13.3 Å². The van der Waals surface area contributed by atoms with Gasteiger partial charge in [0.25, 0.3) is 0 Å². The van der Waals surface area contributed by atoms with Crippen LogP contribution < -0.4 is 0 Å². The number of fused-ring (bicyclic) bond motifs is 1. The topological polar surface area (TPSA) is 45.8 Å². The van der Waals surface area contributed by atoms with Crippen molar-refractivity contribution in [2.24, 2.45) is 0 Å². The molecule has 3 nitrogen and oxygen atoms in total. The Morgan fingerprint density at radius 1 is 1.16 bits per heavy atom. The number of nitrogens with zero attached hydrogens (tertiary/aromatic N) is 1. The summed E-state index contributed by atoms with van der Waals surface area (Å²) in [7, 11) is 0. The summed E-state index contributed by atoms with van der Waals surface area (Å²) < 4.78 is 0. The molecule has 0 spiro atoms. The largest absolute Gasteiger partial charge is 0.294 e. The number of carbonyl (C=O) groups is 1. The van der Waals surface area contributed by atoms with E-state index in [1.807, 2.05) is 49.5 Å². The van der Waals surface area contributed by atoms with Crippen molar-refractivity contribution in [2.75, 3.05) is 0 Å². The molecule has 0 fully saturated rings. The van der Waals surface area contributed by atoms with Crippen molar-refractivity contribution in [1.82, 2.24) is 10.2 Å². The van der Waals surface area contributed by atoms with Gasteiger partial charge in [-0.2, -0.15) is 5.10 Å². The highest BCUT2D eigenvalue weighted by atomic mass is 16.1. The van der Waals surface area contributed by atoms with E-state index in [1.165, 1.54) is 0 Å². The van der Waals surface area contributed by atoms with Gasteiger partial charge in [0, 0.05) is 17.4 Å². The Bertz CT molecular complexity index is 726. The van der Waals surface area contributed by atoms with E-state index in [4.69, 9.17) is 0 Å². The summed E-state index contributed by atoms with van der Waals surface area (Å²) in [5.74, 6) is 0.174. The maximum absolute atomic E-state index is 11.6. The third-order valence-electron chi connectivity index (χ3n) is 3.32. The molecule has 0 amide bonds. The van der Waals surface area contributed by atoms with Crippen LogP contribution in [0.15, 0.2) is 48.7 Å². The minimum absolute atomic E-state index is 0.174. The number of rotatable bonds is 3. The van der Waals surface area contributed by atoms with E-state index in [9.17, 15) is 4.79 Å². The highest BCUT2D eigenvalue weighted by molar-refractivity contribution is 5.98. The average molecular weight is 250 g/mol. The Morgan fingerprint density at radius 2 is 1.95 bits per heavy atom. The van der Waals surface area contributed by atoms with Crippen molar-refractivity contribution < 1.29 is 4.79 Å². The Morgan fingerprint density at radius 3 is 2.68 bits per heavy atom. The van der Waals surface area contributed by atoms with Crippen LogP contribution in [0, 0.1) is 0 Å². The van der Waals surface area contributed by atoms with Crippen LogP contribution in [0.1, 0.15) is 23.7 Å². The van der Waals surface area contributed by atoms with Crippen molar-refractivity contribution in [3.63, 3.8) is 0 Å². The summed E-state index contributed by atoms with van der Waals surface area (Å²) in [6, 6.07) is 13.8. The van der Waals surface area contributed by atoms with E-state index in [-0.39, 0.29) is 5.78 Å². The van der Waals surface area contributed by atoms with E-state index >= 15 is 0 Å². The Hall–Kier alpha value is -2.42. The van der Waals surface area contributed by atoms with E-state index in [0.29, 0.717) is 6.42 Å². The summed E-state index contributed by atoms with van der Waals surface area (Å²) in [5, 5.41) is 8.13. The van der Waals surface area contributed by atoms with Crippen molar-refractivity contribution >= 4 is 16.7 Å². The van der Waals surface area contributed by atoms with Crippen LogP contribution in [0.25, 0.3) is 22.0 Å². The standard InChI is InChI=1S/C16H14N2O/c1-2-16(19)12-8-6-11(7-9-12)13-4-3-5-15-14(13)10-17-18-15/h3-10H,2H2,1H3,(H,17,18). The minimum atomic E-state index is 0.174. The molecule has 0 radical (unpaired) electrons. The molecule has 94 valence electrons. The lowest BCUT2D eigenvalue weighted by Gasteiger charge is -2.04. The van der Waals surface area contributed by atoms with Gasteiger partial charge in [-0.25, -0.2) is 0 Å². The fourth-order valence-electron chi connectivity index (χ4n) is 2.26. The quantitative estimate of drug-likeness (QED) is 0.718. The molecule has 1 heterocycles. The van der Waals surface area contributed by atoms with Gasteiger partial charge in [0.05, 0.1) is 11.7 Å². The molecule has 0 aliphatic rings. The zero-order chi connectivity index (χ0) is 13.2. The number of carbonyl (C=O) groups excluding carboxylic acids is 1. The highest BCUT2D eigenvalue weighted by Gasteiger charge is 2.07. The number of nitrogens with one attached hydrogen (secondary N) is 1. The molecule has 3 aromatic rings. The molecular weight excluding hydrogens is 236 g/mol. The molecule has 0 atom stereocenters. The van der Waals surface area contributed by atoms with E-state index in [0.717, 1.165) is 27.6 Å². The summed E-state index contributed by atoms with van der Waals surface area (Å²) in [4.78, 5) is 11.6. The van der Waals surface area contributed by atoms with Gasteiger partial charge < -0.3 is 0 Å². The molecule has 3 heteroatoms. The summed E-state index contributed by atoms with van der Waals surface area (Å²) >= 11 is 0. The molecule has 2 aromatic carbocycles. The molecule has 3 rings (SSSR count).